The Kier molecular flexibility index (Phi) is 3.82. The third-order valence-electron chi connectivity index (χ3n) is 1.82. The van der Waals surface area contributed by atoms with Gasteiger partial charge in [-0.05, 0) is 6.07 Å². The van der Waals surface area contributed by atoms with Crippen molar-refractivity contribution in [2.24, 2.45) is 0 Å². The summed E-state index contributed by atoms with van der Waals surface area (Å²) in [7, 11) is 3.22. The summed E-state index contributed by atoms with van der Waals surface area (Å²) in [5, 5.41) is 8.70. The molecule has 6 heteroatoms. The highest BCUT2D eigenvalue weighted by molar-refractivity contribution is 5.87. The minimum Gasteiger partial charge on any atom is -0.482 e. The molecular weight excluding hydrogens is 212 g/mol. The molecule has 0 aliphatic rings. The second-order valence-corrected chi connectivity index (χ2v) is 3.29. The molecule has 6 nitrogen and oxygen atoms in total. The number of carboxylic acid groups (broad SMARTS) is 1. The maximum absolute atomic E-state index is 11.2. The minimum atomic E-state index is -1.09. The van der Waals surface area contributed by atoms with E-state index in [4.69, 9.17) is 9.84 Å². The number of aromatic nitrogens is 1. The maximum Gasteiger partial charge on any atom is 0.337 e. The van der Waals surface area contributed by atoms with E-state index in [1.807, 2.05) is 0 Å². The van der Waals surface area contributed by atoms with Crippen molar-refractivity contribution in [3.05, 3.63) is 24.0 Å². The summed E-state index contributed by atoms with van der Waals surface area (Å²) in [5.41, 5.74) is 0.0230. The van der Waals surface area contributed by atoms with Crippen LogP contribution < -0.4 is 4.74 Å². The van der Waals surface area contributed by atoms with Crippen molar-refractivity contribution in [2.45, 2.75) is 0 Å². The number of carbonyl (C=O) groups excluding carboxylic acids is 1. The molecule has 86 valence electrons. The Morgan fingerprint density at radius 2 is 2.12 bits per heavy atom. The zero-order valence-electron chi connectivity index (χ0n) is 9.01. The number of pyridine rings is 1. The molecule has 1 aromatic rings. The Bertz CT molecular complexity index is 404. The maximum atomic E-state index is 11.2. The van der Waals surface area contributed by atoms with Crippen molar-refractivity contribution < 1.29 is 19.4 Å². The standard InChI is InChI=1S/C10H12N2O4/c1-12(2)9(13)6-16-8-3-7(10(14)15)4-11-5-8/h3-5H,6H2,1-2H3,(H,14,15). The second kappa shape index (κ2) is 5.11. The number of carbonyl (C=O) groups is 2. The molecule has 1 amide bonds. The number of likely N-dealkylation sites (N-methyl/N-ethyl adjacent to an activating group) is 1. The van der Waals surface area contributed by atoms with E-state index in [2.05, 4.69) is 4.98 Å². The summed E-state index contributed by atoms with van der Waals surface area (Å²) in [5.74, 6) is -1.03. The van der Waals surface area contributed by atoms with Crippen LogP contribution >= 0.6 is 0 Å². The molecule has 0 unspecified atom stereocenters. The summed E-state index contributed by atoms with van der Waals surface area (Å²) in [6.45, 7) is -0.141. The van der Waals surface area contributed by atoms with Crippen LogP contribution in [0.4, 0.5) is 0 Å². The number of hydrogen-bond acceptors (Lipinski definition) is 4. The fourth-order valence-corrected chi connectivity index (χ4v) is 0.889. The smallest absolute Gasteiger partial charge is 0.337 e. The first kappa shape index (κ1) is 12.0. The number of ether oxygens (including phenoxy) is 1. The molecule has 0 bridgehead atoms. The fraction of sp³-hybridized carbons (Fsp3) is 0.300. The largest absolute Gasteiger partial charge is 0.482 e. The van der Waals surface area contributed by atoms with Gasteiger partial charge < -0.3 is 14.7 Å². The molecule has 0 spiro atoms. The number of hydrogen-bond donors (Lipinski definition) is 1. The van der Waals surface area contributed by atoms with Crippen LogP contribution in [0, 0.1) is 0 Å². The lowest BCUT2D eigenvalue weighted by Gasteiger charge is -2.11. The van der Waals surface area contributed by atoms with Crippen LogP contribution in [-0.2, 0) is 4.79 Å². The average molecular weight is 224 g/mol. The van der Waals surface area contributed by atoms with E-state index in [-0.39, 0.29) is 23.8 Å². The Hall–Kier alpha value is -2.11. The van der Waals surface area contributed by atoms with E-state index in [9.17, 15) is 9.59 Å². The van der Waals surface area contributed by atoms with Gasteiger partial charge in [0, 0.05) is 20.3 Å². The predicted molar refractivity (Wildman–Crippen MR) is 55.4 cm³/mol. The molecule has 1 N–H and O–H groups in total. The summed E-state index contributed by atoms with van der Waals surface area (Å²) in [6, 6.07) is 1.32. The highest BCUT2D eigenvalue weighted by Crippen LogP contribution is 2.10. The molecule has 0 saturated heterocycles. The van der Waals surface area contributed by atoms with Crippen molar-refractivity contribution in [3.63, 3.8) is 0 Å². The zero-order chi connectivity index (χ0) is 12.1. The van der Waals surface area contributed by atoms with Crippen molar-refractivity contribution >= 4 is 11.9 Å². The molecule has 0 aliphatic carbocycles. The van der Waals surface area contributed by atoms with Crippen LogP contribution in [0.25, 0.3) is 0 Å². The van der Waals surface area contributed by atoms with Crippen molar-refractivity contribution in [1.82, 2.24) is 9.88 Å². The molecule has 0 aromatic carbocycles. The Balaban J connectivity index is 2.64. The minimum absolute atomic E-state index is 0.0230. The monoisotopic (exact) mass is 224 g/mol. The summed E-state index contributed by atoms with van der Waals surface area (Å²) in [6.07, 6.45) is 2.57. The van der Waals surface area contributed by atoms with Crippen LogP contribution in [0.15, 0.2) is 18.5 Å². The predicted octanol–water partition coefficient (Wildman–Crippen LogP) is 0.247. The number of rotatable bonds is 4. The Morgan fingerprint density at radius 3 is 2.69 bits per heavy atom. The summed E-state index contributed by atoms with van der Waals surface area (Å²) >= 11 is 0. The molecule has 0 atom stereocenters. The van der Waals surface area contributed by atoms with E-state index in [1.165, 1.54) is 23.4 Å². The van der Waals surface area contributed by atoms with E-state index in [0.29, 0.717) is 0 Å². The van der Waals surface area contributed by atoms with Gasteiger partial charge in [-0.3, -0.25) is 9.78 Å². The van der Waals surface area contributed by atoms with E-state index < -0.39 is 5.97 Å². The lowest BCUT2D eigenvalue weighted by atomic mass is 10.3. The van der Waals surface area contributed by atoms with Gasteiger partial charge in [-0.2, -0.15) is 0 Å². The normalized spacial score (nSPS) is 9.62. The first-order chi connectivity index (χ1) is 7.50. The molecule has 0 saturated carbocycles. The SMILES string of the molecule is CN(C)C(=O)COc1cncc(C(=O)O)c1. The van der Waals surface area contributed by atoms with Crippen LogP contribution in [-0.4, -0.2) is 47.6 Å². The van der Waals surface area contributed by atoms with E-state index in [0.717, 1.165) is 0 Å². The van der Waals surface area contributed by atoms with E-state index >= 15 is 0 Å². The van der Waals surface area contributed by atoms with Gasteiger partial charge in [0.1, 0.15) is 5.75 Å². The Labute approximate surface area is 92.5 Å². The van der Waals surface area contributed by atoms with Crippen LogP contribution in [0.2, 0.25) is 0 Å². The number of amides is 1. The molecular formula is C10H12N2O4. The first-order valence-corrected chi connectivity index (χ1v) is 4.52. The van der Waals surface area contributed by atoms with Gasteiger partial charge in [-0.1, -0.05) is 0 Å². The third kappa shape index (κ3) is 3.23. The van der Waals surface area contributed by atoms with Gasteiger partial charge in [-0.25, -0.2) is 4.79 Å². The fourth-order valence-electron chi connectivity index (χ4n) is 0.889. The van der Waals surface area contributed by atoms with Gasteiger partial charge >= 0.3 is 5.97 Å². The van der Waals surface area contributed by atoms with Gasteiger partial charge in [0.2, 0.25) is 0 Å². The highest BCUT2D eigenvalue weighted by atomic mass is 16.5. The molecule has 0 fully saturated rings. The zero-order valence-corrected chi connectivity index (χ0v) is 9.01. The molecule has 1 heterocycles. The summed E-state index contributed by atoms with van der Waals surface area (Å²) < 4.78 is 5.10. The average Bonchev–Trinajstić information content (AvgIpc) is 2.26. The lowest BCUT2D eigenvalue weighted by molar-refractivity contribution is -0.130. The van der Waals surface area contributed by atoms with Crippen molar-refractivity contribution in [1.29, 1.82) is 0 Å². The molecule has 1 aromatic heterocycles. The van der Waals surface area contributed by atoms with Crippen molar-refractivity contribution in [2.75, 3.05) is 20.7 Å². The Morgan fingerprint density at radius 1 is 1.44 bits per heavy atom. The van der Waals surface area contributed by atoms with Crippen LogP contribution in [0.3, 0.4) is 0 Å². The first-order valence-electron chi connectivity index (χ1n) is 4.52. The van der Waals surface area contributed by atoms with Crippen LogP contribution in [0.1, 0.15) is 10.4 Å². The second-order valence-electron chi connectivity index (χ2n) is 3.29. The quantitative estimate of drug-likeness (QED) is 0.792. The lowest BCUT2D eigenvalue weighted by Crippen LogP contribution is -2.27. The third-order valence-corrected chi connectivity index (χ3v) is 1.82. The van der Waals surface area contributed by atoms with Gasteiger partial charge in [0.05, 0.1) is 11.8 Å². The van der Waals surface area contributed by atoms with Gasteiger partial charge in [0.15, 0.2) is 6.61 Å². The molecule has 0 radical (unpaired) electrons. The molecule has 16 heavy (non-hydrogen) atoms. The number of nitrogens with zero attached hydrogens (tertiary/aromatic N) is 2. The summed E-state index contributed by atoms with van der Waals surface area (Å²) in [4.78, 5) is 26.9. The van der Waals surface area contributed by atoms with Gasteiger partial charge in [0.25, 0.3) is 5.91 Å². The highest BCUT2D eigenvalue weighted by Gasteiger charge is 2.07. The number of carboxylic acids is 1. The van der Waals surface area contributed by atoms with Gasteiger partial charge in [-0.15, -0.1) is 0 Å². The molecule has 1 rings (SSSR count). The van der Waals surface area contributed by atoms with E-state index in [1.54, 1.807) is 14.1 Å². The van der Waals surface area contributed by atoms with Crippen molar-refractivity contribution in [3.8, 4) is 5.75 Å². The molecule has 0 aliphatic heterocycles. The number of aromatic carboxylic acids is 1. The van der Waals surface area contributed by atoms with Crippen LogP contribution in [0.5, 0.6) is 5.75 Å². The topological polar surface area (TPSA) is 79.7 Å².